The molecule has 0 N–H and O–H groups in total. The SMILES string of the molecule is CCCCCC1COC(C2CCC(c3ccc(C4CCC(=C(F)F)CC4)c(F)c3)CC2)OC1. The predicted octanol–water partition coefficient (Wildman–Crippen LogP) is 8.48. The molecule has 4 rings (SSSR count). The molecule has 0 bridgehead atoms. The van der Waals surface area contributed by atoms with E-state index in [1.54, 1.807) is 6.07 Å². The van der Waals surface area contributed by atoms with E-state index >= 15 is 0 Å². The Morgan fingerprint density at radius 2 is 1.61 bits per heavy atom. The molecule has 33 heavy (non-hydrogen) atoms. The highest BCUT2D eigenvalue weighted by molar-refractivity contribution is 5.31. The molecule has 5 heteroatoms. The Labute approximate surface area is 196 Å². The molecule has 184 valence electrons. The molecule has 2 nitrogen and oxygen atoms in total. The topological polar surface area (TPSA) is 18.5 Å². The van der Waals surface area contributed by atoms with Crippen molar-refractivity contribution in [2.75, 3.05) is 13.2 Å². The van der Waals surface area contributed by atoms with Crippen LogP contribution in [0.15, 0.2) is 29.9 Å². The molecule has 1 heterocycles. The zero-order chi connectivity index (χ0) is 23.2. The second-order valence-corrected chi connectivity index (χ2v) is 10.4. The Bertz CT molecular complexity index is 778. The van der Waals surface area contributed by atoms with Gasteiger partial charge in [0.25, 0.3) is 6.08 Å². The molecular formula is C28H39F3O2. The van der Waals surface area contributed by atoms with Crippen molar-refractivity contribution in [3.05, 3.63) is 46.8 Å². The van der Waals surface area contributed by atoms with Crippen LogP contribution in [-0.2, 0) is 9.47 Å². The summed E-state index contributed by atoms with van der Waals surface area (Å²) in [5.74, 6) is 1.22. The summed E-state index contributed by atoms with van der Waals surface area (Å²) in [6, 6.07) is 5.68. The van der Waals surface area contributed by atoms with Gasteiger partial charge in [-0.3, -0.25) is 0 Å². The lowest BCUT2D eigenvalue weighted by Gasteiger charge is -2.38. The summed E-state index contributed by atoms with van der Waals surface area (Å²) in [5, 5.41) is 0. The summed E-state index contributed by atoms with van der Waals surface area (Å²) in [5.41, 5.74) is 2.02. The number of hydrogen-bond acceptors (Lipinski definition) is 2. The molecule has 2 saturated carbocycles. The third-order valence-corrected chi connectivity index (χ3v) is 8.16. The van der Waals surface area contributed by atoms with Crippen molar-refractivity contribution in [1.29, 1.82) is 0 Å². The molecule has 0 radical (unpaired) electrons. The Balaban J connectivity index is 1.25. The van der Waals surface area contributed by atoms with Crippen molar-refractivity contribution in [2.45, 2.75) is 102 Å². The van der Waals surface area contributed by atoms with Crippen LogP contribution in [0.4, 0.5) is 13.2 Å². The van der Waals surface area contributed by atoms with Gasteiger partial charge in [0.2, 0.25) is 0 Å². The third kappa shape index (κ3) is 6.42. The van der Waals surface area contributed by atoms with E-state index in [1.807, 2.05) is 6.07 Å². The van der Waals surface area contributed by atoms with Crippen LogP contribution >= 0.6 is 0 Å². The van der Waals surface area contributed by atoms with E-state index in [9.17, 15) is 13.2 Å². The van der Waals surface area contributed by atoms with E-state index < -0.39 is 6.08 Å². The van der Waals surface area contributed by atoms with Crippen LogP contribution in [0.3, 0.4) is 0 Å². The molecular weight excluding hydrogens is 425 g/mol. The molecule has 1 saturated heterocycles. The van der Waals surface area contributed by atoms with Crippen molar-refractivity contribution >= 4 is 0 Å². The summed E-state index contributed by atoms with van der Waals surface area (Å²) in [6.45, 7) is 3.86. The predicted molar refractivity (Wildman–Crippen MR) is 125 cm³/mol. The van der Waals surface area contributed by atoms with Gasteiger partial charge in [-0.15, -0.1) is 0 Å². The number of unbranched alkanes of at least 4 members (excludes halogenated alkanes) is 2. The molecule has 1 aromatic rings. The average Bonchev–Trinajstić information content (AvgIpc) is 2.85. The Kier molecular flexibility index (Phi) is 8.92. The molecule has 3 aliphatic rings. The fourth-order valence-corrected chi connectivity index (χ4v) is 6.00. The van der Waals surface area contributed by atoms with Gasteiger partial charge in [-0.25, -0.2) is 4.39 Å². The number of hydrogen-bond donors (Lipinski definition) is 0. The first-order chi connectivity index (χ1) is 16.0. The highest BCUT2D eigenvalue weighted by atomic mass is 19.3. The van der Waals surface area contributed by atoms with Crippen LogP contribution < -0.4 is 0 Å². The second-order valence-electron chi connectivity index (χ2n) is 10.4. The van der Waals surface area contributed by atoms with Gasteiger partial charge in [-0.1, -0.05) is 38.3 Å². The van der Waals surface area contributed by atoms with Crippen molar-refractivity contribution in [3.63, 3.8) is 0 Å². The molecule has 0 spiro atoms. The van der Waals surface area contributed by atoms with Crippen LogP contribution in [0, 0.1) is 17.7 Å². The second kappa shape index (κ2) is 11.9. The van der Waals surface area contributed by atoms with E-state index in [4.69, 9.17) is 9.47 Å². The Hall–Kier alpha value is -1.33. The summed E-state index contributed by atoms with van der Waals surface area (Å²) < 4.78 is 52.7. The minimum atomic E-state index is -1.55. The van der Waals surface area contributed by atoms with E-state index in [2.05, 4.69) is 13.0 Å². The van der Waals surface area contributed by atoms with Gasteiger partial charge in [-0.05, 0) is 92.4 Å². The highest BCUT2D eigenvalue weighted by Gasteiger charge is 2.33. The van der Waals surface area contributed by atoms with Gasteiger partial charge in [-0.2, -0.15) is 8.78 Å². The van der Waals surface area contributed by atoms with E-state index in [0.29, 0.717) is 49.0 Å². The lowest BCUT2D eigenvalue weighted by molar-refractivity contribution is -0.229. The molecule has 0 atom stereocenters. The van der Waals surface area contributed by atoms with Crippen LogP contribution in [-0.4, -0.2) is 19.5 Å². The molecule has 2 aliphatic carbocycles. The maximum Gasteiger partial charge on any atom is 0.269 e. The molecule has 0 unspecified atom stereocenters. The zero-order valence-electron chi connectivity index (χ0n) is 20.0. The summed E-state index contributed by atoms with van der Waals surface area (Å²) in [7, 11) is 0. The number of rotatable bonds is 7. The van der Waals surface area contributed by atoms with Gasteiger partial charge in [0.15, 0.2) is 6.29 Å². The fourth-order valence-electron chi connectivity index (χ4n) is 6.00. The average molecular weight is 465 g/mol. The summed E-state index contributed by atoms with van der Waals surface area (Å²) in [6.07, 6.45) is 9.47. The van der Waals surface area contributed by atoms with Gasteiger partial charge in [0, 0.05) is 11.8 Å². The van der Waals surface area contributed by atoms with Crippen molar-refractivity contribution < 1.29 is 22.6 Å². The number of benzene rings is 1. The minimum absolute atomic E-state index is 0.0456. The standard InChI is InChI=1S/C28H39F3O2/c1-2-3-4-5-19-17-32-28(33-18-19)23-12-6-20(7-13-23)24-14-15-25(26(29)16-24)21-8-10-22(11-9-21)27(30)31/h14-16,19-21,23,28H,2-13,17-18H2,1H3. The normalized spacial score (nSPS) is 30.9. The summed E-state index contributed by atoms with van der Waals surface area (Å²) >= 11 is 0. The summed E-state index contributed by atoms with van der Waals surface area (Å²) in [4.78, 5) is 0. The Morgan fingerprint density at radius 1 is 0.909 bits per heavy atom. The van der Waals surface area contributed by atoms with Crippen LogP contribution in [0.1, 0.15) is 107 Å². The molecule has 1 aromatic carbocycles. The largest absolute Gasteiger partial charge is 0.352 e. The maximum absolute atomic E-state index is 15.0. The monoisotopic (exact) mass is 464 g/mol. The molecule has 1 aliphatic heterocycles. The maximum atomic E-state index is 15.0. The van der Waals surface area contributed by atoms with E-state index in [1.165, 1.54) is 25.7 Å². The lowest BCUT2D eigenvalue weighted by atomic mass is 9.77. The first-order valence-electron chi connectivity index (χ1n) is 13.1. The first kappa shape index (κ1) is 24.8. The van der Waals surface area contributed by atoms with E-state index in [0.717, 1.165) is 44.5 Å². The smallest absolute Gasteiger partial charge is 0.269 e. The lowest BCUT2D eigenvalue weighted by Crippen LogP contribution is -2.38. The van der Waals surface area contributed by atoms with Gasteiger partial charge in [0.05, 0.1) is 13.2 Å². The van der Waals surface area contributed by atoms with Crippen LogP contribution in [0.2, 0.25) is 0 Å². The van der Waals surface area contributed by atoms with Crippen LogP contribution in [0.25, 0.3) is 0 Å². The zero-order valence-corrected chi connectivity index (χ0v) is 20.0. The fraction of sp³-hybridized carbons (Fsp3) is 0.714. The third-order valence-electron chi connectivity index (χ3n) is 8.16. The van der Waals surface area contributed by atoms with Crippen molar-refractivity contribution in [2.24, 2.45) is 11.8 Å². The molecule has 0 amide bonds. The minimum Gasteiger partial charge on any atom is -0.352 e. The highest BCUT2D eigenvalue weighted by Crippen LogP contribution is 2.42. The van der Waals surface area contributed by atoms with Crippen LogP contribution in [0.5, 0.6) is 0 Å². The molecule has 3 fully saturated rings. The van der Waals surface area contributed by atoms with Gasteiger partial charge >= 0.3 is 0 Å². The first-order valence-corrected chi connectivity index (χ1v) is 13.1. The number of allylic oxidation sites excluding steroid dienone is 1. The number of ether oxygens (including phenoxy) is 2. The van der Waals surface area contributed by atoms with Gasteiger partial charge < -0.3 is 9.47 Å². The van der Waals surface area contributed by atoms with Gasteiger partial charge in [0.1, 0.15) is 5.82 Å². The molecule has 0 aromatic heterocycles. The van der Waals surface area contributed by atoms with Crippen molar-refractivity contribution in [3.8, 4) is 0 Å². The van der Waals surface area contributed by atoms with E-state index in [-0.39, 0.29) is 23.6 Å². The number of halogens is 3. The Morgan fingerprint density at radius 3 is 2.21 bits per heavy atom. The quantitative estimate of drug-likeness (QED) is 0.377. The van der Waals surface area contributed by atoms with Crippen molar-refractivity contribution in [1.82, 2.24) is 0 Å².